The SMILES string of the molecule is COc1cc(OC(=O)N(C)c2ccc(N3CCCCC3C)nc2)cc2c1CN(C1CCC(=O)NC1=O)C2=O. The van der Waals surface area contributed by atoms with Gasteiger partial charge >= 0.3 is 6.09 Å². The van der Waals surface area contributed by atoms with Crippen LogP contribution < -0.4 is 24.6 Å². The summed E-state index contributed by atoms with van der Waals surface area (Å²) in [4.78, 5) is 59.7. The maximum absolute atomic E-state index is 13.2. The molecule has 4 amide bonds. The minimum absolute atomic E-state index is 0.141. The molecule has 200 valence electrons. The number of hydrogen-bond acceptors (Lipinski definition) is 8. The van der Waals surface area contributed by atoms with E-state index < -0.39 is 18.0 Å². The normalized spacial score (nSPS) is 21.2. The van der Waals surface area contributed by atoms with Crippen LogP contribution in [-0.4, -0.2) is 66.5 Å². The van der Waals surface area contributed by atoms with Gasteiger partial charge in [0.2, 0.25) is 11.8 Å². The summed E-state index contributed by atoms with van der Waals surface area (Å²) >= 11 is 0. The summed E-state index contributed by atoms with van der Waals surface area (Å²) in [5.74, 6) is 0.164. The number of nitrogens with zero attached hydrogens (tertiary/aromatic N) is 4. The zero-order valence-corrected chi connectivity index (χ0v) is 21.7. The average Bonchev–Trinajstić information content (AvgIpc) is 3.24. The van der Waals surface area contributed by atoms with Gasteiger partial charge in [-0.2, -0.15) is 0 Å². The van der Waals surface area contributed by atoms with Crippen LogP contribution in [0.5, 0.6) is 11.5 Å². The molecule has 2 aromatic rings. The van der Waals surface area contributed by atoms with Gasteiger partial charge in [-0.3, -0.25) is 24.6 Å². The van der Waals surface area contributed by atoms with Crippen molar-refractivity contribution in [3.05, 3.63) is 41.6 Å². The molecule has 5 rings (SSSR count). The highest BCUT2D eigenvalue weighted by atomic mass is 16.6. The van der Waals surface area contributed by atoms with E-state index in [9.17, 15) is 19.2 Å². The molecule has 1 N–H and O–H groups in total. The van der Waals surface area contributed by atoms with Crippen LogP contribution in [-0.2, 0) is 16.1 Å². The van der Waals surface area contributed by atoms with Gasteiger partial charge in [-0.25, -0.2) is 9.78 Å². The van der Waals surface area contributed by atoms with Crippen molar-refractivity contribution < 1.29 is 28.7 Å². The van der Waals surface area contributed by atoms with Gasteiger partial charge in [0, 0.05) is 37.7 Å². The van der Waals surface area contributed by atoms with Crippen LogP contribution in [0.4, 0.5) is 16.3 Å². The summed E-state index contributed by atoms with van der Waals surface area (Å²) in [6.07, 6.45) is 4.89. The first-order chi connectivity index (χ1) is 18.3. The fourth-order valence-electron chi connectivity index (χ4n) is 5.30. The Bertz CT molecular complexity index is 1280. The third-order valence-corrected chi connectivity index (χ3v) is 7.50. The number of carbonyl (C=O) groups is 4. The molecule has 3 aliphatic rings. The standard InChI is InChI=1S/C27H31N5O6/c1-16-6-4-5-11-31(16)23-9-7-17(14-28-23)30(2)27(36)38-18-12-19-20(22(13-18)37-3)15-32(26(19)35)21-8-10-24(33)29-25(21)34/h7,9,12-14,16,21H,4-6,8,10-11,15H2,1-3H3,(H,29,33,34). The number of rotatable bonds is 5. The molecular formula is C27H31N5O6. The van der Waals surface area contributed by atoms with Gasteiger partial charge < -0.3 is 19.3 Å². The second-order valence-corrected chi connectivity index (χ2v) is 9.89. The molecule has 0 aliphatic carbocycles. The van der Waals surface area contributed by atoms with Crippen molar-refractivity contribution in [1.82, 2.24) is 15.2 Å². The lowest BCUT2D eigenvalue weighted by Crippen LogP contribution is -2.52. The third-order valence-electron chi connectivity index (χ3n) is 7.50. The topological polar surface area (TPSA) is 121 Å². The molecule has 0 radical (unpaired) electrons. The first-order valence-corrected chi connectivity index (χ1v) is 12.8. The van der Waals surface area contributed by atoms with Crippen LogP contribution in [0.1, 0.15) is 54.9 Å². The van der Waals surface area contributed by atoms with Gasteiger partial charge in [-0.15, -0.1) is 0 Å². The molecule has 2 atom stereocenters. The van der Waals surface area contributed by atoms with Gasteiger partial charge in [0.15, 0.2) is 0 Å². The van der Waals surface area contributed by atoms with Crippen molar-refractivity contribution >= 4 is 35.3 Å². The summed E-state index contributed by atoms with van der Waals surface area (Å²) in [6.45, 7) is 3.31. The van der Waals surface area contributed by atoms with Crippen molar-refractivity contribution in [1.29, 1.82) is 0 Å². The lowest BCUT2D eigenvalue weighted by atomic mass is 10.0. The molecule has 11 nitrogen and oxygen atoms in total. The van der Waals surface area contributed by atoms with Crippen LogP contribution in [0.15, 0.2) is 30.5 Å². The van der Waals surface area contributed by atoms with E-state index in [1.807, 2.05) is 12.1 Å². The van der Waals surface area contributed by atoms with E-state index in [0.29, 0.717) is 28.6 Å². The smallest absolute Gasteiger partial charge is 0.419 e. The van der Waals surface area contributed by atoms with Gasteiger partial charge in [-0.1, -0.05) is 0 Å². The number of pyridine rings is 1. The van der Waals surface area contributed by atoms with Crippen LogP contribution in [0, 0.1) is 0 Å². The second kappa shape index (κ2) is 10.3. The van der Waals surface area contributed by atoms with Crippen LogP contribution in [0.2, 0.25) is 0 Å². The molecular weight excluding hydrogens is 490 g/mol. The Hall–Kier alpha value is -4.15. The second-order valence-electron chi connectivity index (χ2n) is 9.89. The largest absolute Gasteiger partial charge is 0.496 e. The van der Waals surface area contributed by atoms with Crippen LogP contribution in [0.3, 0.4) is 0 Å². The first kappa shape index (κ1) is 25.5. The molecule has 2 fully saturated rings. The molecule has 11 heteroatoms. The number of piperidine rings is 2. The van der Waals surface area contributed by atoms with Crippen LogP contribution in [0.25, 0.3) is 0 Å². The fraction of sp³-hybridized carbons (Fsp3) is 0.444. The number of nitrogens with one attached hydrogen (secondary N) is 1. The lowest BCUT2D eigenvalue weighted by Gasteiger charge is -2.34. The summed E-state index contributed by atoms with van der Waals surface area (Å²) in [5.41, 5.74) is 1.46. The number of anilines is 2. The van der Waals surface area contributed by atoms with Crippen molar-refractivity contribution in [2.24, 2.45) is 0 Å². The molecule has 2 saturated heterocycles. The average molecular weight is 522 g/mol. The van der Waals surface area contributed by atoms with E-state index in [2.05, 4.69) is 22.1 Å². The Kier molecular flexibility index (Phi) is 6.92. The summed E-state index contributed by atoms with van der Waals surface area (Å²) in [6, 6.07) is 6.44. The summed E-state index contributed by atoms with van der Waals surface area (Å²) < 4.78 is 11.1. The highest BCUT2D eigenvalue weighted by Gasteiger charge is 2.40. The van der Waals surface area contributed by atoms with Crippen molar-refractivity contribution in [3.63, 3.8) is 0 Å². The first-order valence-electron chi connectivity index (χ1n) is 12.8. The van der Waals surface area contributed by atoms with E-state index in [-0.39, 0.29) is 37.0 Å². The quantitative estimate of drug-likeness (QED) is 0.597. The number of hydrogen-bond donors (Lipinski definition) is 1. The molecule has 2 unspecified atom stereocenters. The maximum Gasteiger partial charge on any atom is 0.419 e. The highest BCUT2D eigenvalue weighted by molar-refractivity contribution is 6.06. The van der Waals surface area contributed by atoms with E-state index in [1.54, 1.807) is 19.3 Å². The minimum atomic E-state index is -0.752. The minimum Gasteiger partial charge on any atom is -0.496 e. The van der Waals surface area contributed by atoms with Crippen molar-refractivity contribution in [3.8, 4) is 11.5 Å². The molecule has 4 heterocycles. The predicted octanol–water partition coefficient (Wildman–Crippen LogP) is 2.87. The molecule has 1 aromatic heterocycles. The van der Waals surface area contributed by atoms with Crippen molar-refractivity contribution in [2.45, 2.75) is 57.7 Å². The summed E-state index contributed by atoms with van der Waals surface area (Å²) in [7, 11) is 3.05. The number of carbonyl (C=O) groups excluding carboxylic acids is 4. The number of aromatic nitrogens is 1. The van der Waals surface area contributed by atoms with E-state index >= 15 is 0 Å². The number of benzene rings is 1. The third kappa shape index (κ3) is 4.75. The zero-order valence-electron chi connectivity index (χ0n) is 21.7. The van der Waals surface area contributed by atoms with Gasteiger partial charge in [0.05, 0.1) is 31.1 Å². The Labute approximate surface area is 220 Å². The highest BCUT2D eigenvalue weighted by Crippen LogP contribution is 2.37. The molecule has 0 bridgehead atoms. The molecule has 1 aromatic carbocycles. The number of ether oxygens (including phenoxy) is 2. The molecule has 3 aliphatic heterocycles. The predicted molar refractivity (Wildman–Crippen MR) is 138 cm³/mol. The van der Waals surface area contributed by atoms with E-state index in [0.717, 1.165) is 25.2 Å². The maximum atomic E-state index is 13.2. The molecule has 38 heavy (non-hydrogen) atoms. The van der Waals surface area contributed by atoms with Gasteiger partial charge in [-0.05, 0) is 50.8 Å². The van der Waals surface area contributed by atoms with Crippen molar-refractivity contribution in [2.75, 3.05) is 30.5 Å². The van der Waals surface area contributed by atoms with Gasteiger partial charge in [0.1, 0.15) is 23.4 Å². The molecule has 0 saturated carbocycles. The Balaban J connectivity index is 1.30. The number of fused-ring (bicyclic) bond motifs is 1. The number of imide groups is 1. The van der Waals surface area contributed by atoms with E-state index in [1.165, 1.54) is 29.4 Å². The van der Waals surface area contributed by atoms with Gasteiger partial charge in [0.25, 0.3) is 5.91 Å². The van der Waals surface area contributed by atoms with E-state index in [4.69, 9.17) is 9.47 Å². The lowest BCUT2D eigenvalue weighted by molar-refractivity contribution is -0.136. The number of methoxy groups -OCH3 is 1. The van der Waals surface area contributed by atoms with Crippen LogP contribution >= 0.6 is 0 Å². The Morgan fingerprint density at radius 3 is 2.63 bits per heavy atom. The zero-order chi connectivity index (χ0) is 27.0. The monoisotopic (exact) mass is 521 g/mol. The summed E-state index contributed by atoms with van der Waals surface area (Å²) in [5, 5.41) is 2.29. The fourth-order valence-corrected chi connectivity index (χ4v) is 5.30. The number of amides is 4. The Morgan fingerprint density at radius 2 is 1.95 bits per heavy atom. The molecule has 0 spiro atoms. The Morgan fingerprint density at radius 1 is 1.13 bits per heavy atom.